The number of hydrogen-bond donors (Lipinski definition) is 0. The van der Waals surface area contributed by atoms with Crippen LogP contribution in [0.25, 0.3) is 0 Å². The van der Waals surface area contributed by atoms with Crippen LogP contribution in [0.3, 0.4) is 0 Å². The number of Topliss-reactive ketones (excluding diaryl/α,β-unsaturated/α-hetero) is 1. The predicted octanol–water partition coefficient (Wildman–Crippen LogP) is 16.9. The first-order valence-electron chi connectivity index (χ1n) is 34.2. The Kier molecular flexibility index (Phi) is 26.4. The molecule has 7 heterocycles. The van der Waals surface area contributed by atoms with E-state index >= 15 is 0 Å². The normalized spacial score (nSPS) is 17.2. The standard InChI is InChI=1S/C12H15NO.2C12H17N.C11H15NOS.C11H15NO.2C11H15N/c1-9(2)13-8-7-12(14)10-5-3-4-6-11(10)13;1-10(2)13-9-5-7-11-6-3-4-8-12(11)13;1-10(2)13-8-7-11-5-3-4-6-12(11)9-13;1-9(2)12-7-10-5-3-4-6-11(10)14(13)8-12;1-9(2)12-7-8-13-11-6-4-3-5-10(11)12;1-9(2)12-7-10-5-3-4-6-11(10)8-12;1-9(2)12-8-7-10-5-3-4-6-11(10)12/h3-6,9H,7-8H2,1-2H3;3-4,6,8,10H,5,7,9H2,1-2H3;3-6,10H,7-9H2,1-2H3;3-6,9H,7-8H2,1-2H3;3-6,9H,7-8H2,1-2H3;2*3-6,9H,7-8H2,1-2H3. The molecule has 1 unspecified atom stereocenters. The maximum Gasteiger partial charge on any atom is 0.166 e. The number of hydrogen-bond acceptors (Lipinski definition) is 10. The molecule has 488 valence electrons. The summed E-state index contributed by atoms with van der Waals surface area (Å²) in [5, 5.41) is 0. The highest BCUT2D eigenvalue weighted by atomic mass is 32.2. The molecule has 0 radical (unpaired) electrons. The lowest BCUT2D eigenvalue weighted by Gasteiger charge is -2.34. The number of fused-ring (bicyclic) bond motifs is 7. The topological polar surface area (TPSA) is 66.1 Å². The van der Waals surface area contributed by atoms with Crippen LogP contribution >= 0.6 is 0 Å². The summed E-state index contributed by atoms with van der Waals surface area (Å²) in [6.07, 6.45) is 5.63. The molecule has 91 heavy (non-hydrogen) atoms. The van der Waals surface area contributed by atoms with Gasteiger partial charge in [0, 0.05) is 129 Å². The molecule has 7 aliphatic heterocycles. The number of anilines is 4. The van der Waals surface area contributed by atoms with Gasteiger partial charge in [-0.05, 0) is 204 Å². The highest BCUT2D eigenvalue weighted by Crippen LogP contribution is 2.34. The second-order valence-electron chi connectivity index (χ2n) is 27.0. The van der Waals surface area contributed by atoms with Crippen LogP contribution in [0.5, 0.6) is 5.75 Å². The number of carbonyl (C=O) groups excluding carboxylic acids is 1. The highest BCUT2D eigenvalue weighted by molar-refractivity contribution is 7.85. The van der Waals surface area contributed by atoms with Gasteiger partial charge in [0.1, 0.15) is 12.4 Å². The molecular formula is C80H109N7O3S. The summed E-state index contributed by atoms with van der Waals surface area (Å²) in [4.78, 5) is 29.5. The lowest BCUT2D eigenvalue weighted by Crippen LogP contribution is -2.37. The fourth-order valence-corrected chi connectivity index (χ4v) is 14.5. The Bertz CT molecular complexity index is 3320. The first-order valence-corrected chi connectivity index (χ1v) is 35.5. The van der Waals surface area contributed by atoms with Crippen LogP contribution in [-0.4, -0.2) is 112 Å². The van der Waals surface area contributed by atoms with Gasteiger partial charge in [-0.25, -0.2) is 0 Å². The summed E-state index contributed by atoms with van der Waals surface area (Å²) >= 11 is 0. The molecule has 10 nitrogen and oxygen atoms in total. The van der Waals surface area contributed by atoms with Crippen LogP contribution in [0.2, 0.25) is 0 Å². The molecule has 14 rings (SSSR count). The van der Waals surface area contributed by atoms with E-state index < -0.39 is 10.8 Å². The van der Waals surface area contributed by atoms with Gasteiger partial charge in [0.05, 0.1) is 28.9 Å². The number of nitrogens with zero attached hydrogens (tertiary/aromatic N) is 7. The first kappa shape index (κ1) is 70.1. The smallest absolute Gasteiger partial charge is 0.166 e. The van der Waals surface area contributed by atoms with Gasteiger partial charge in [0.25, 0.3) is 0 Å². The first-order chi connectivity index (χ1) is 43.8. The van der Waals surface area contributed by atoms with Crippen LogP contribution in [0, 0.1) is 0 Å². The molecule has 7 aromatic carbocycles. The van der Waals surface area contributed by atoms with Crippen molar-refractivity contribution < 1.29 is 13.7 Å². The summed E-state index contributed by atoms with van der Waals surface area (Å²) in [5.74, 6) is 1.97. The van der Waals surface area contributed by atoms with E-state index in [9.17, 15) is 9.00 Å². The molecule has 0 spiro atoms. The number of ether oxygens (including phenoxy) is 1. The third-order valence-corrected chi connectivity index (χ3v) is 20.0. The van der Waals surface area contributed by atoms with Gasteiger partial charge < -0.3 is 24.3 Å². The molecule has 1 atom stereocenters. The van der Waals surface area contributed by atoms with E-state index in [1.165, 1.54) is 95.8 Å². The van der Waals surface area contributed by atoms with Gasteiger partial charge in [-0.15, -0.1) is 0 Å². The van der Waals surface area contributed by atoms with Gasteiger partial charge in [0.2, 0.25) is 0 Å². The third kappa shape index (κ3) is 19.2. The number of ketones is 1. The molecular weight excluding hydrogens is 1140 g/mol. The van der Waals surface area contributed by atoms with E-state index in [4.69, 9.17) is 4.74 Å². The van der Waals surface area contributed by atoms with E-state index in [1.54, 1.807) is 5.56 Å². The highest BCUT2D eigenvalue weighted by Gasteiger charge is 2.27. The zero-order chi connectivity index (χ0) is 65.1. The second-order valence-corrected chi connectivity index (χ2v) is 28.4. The second kappa shape index (κ2) is 34.2. The van der Waals surface area contributed by atoms with Crippen LogP contribution in [0.15, 0.2) is 175 Å². The van der Waals surface area contributed by atoms with Crippen molar-refractivity contribution in [3.8, 4) is 5.75 Å². The summed E-state index contributed by atoms with van der Waals surface area (Å²) < 4.78 is 17.4. The van der Waals surface area contributed by atoms with Crippen molar-refractivity contribution in [3.63, 3.8) is 0 Å². The molecule has 0 saturated heterocycles. The van der Waals surface area contributed by atoms with Crippen molar-refractivity contribution in [2.24, 2.45) is 0 Å². The third-order valence-electron chi connectivity index (χ3n) is 18.5. The van der Waals surface area contributed by atoms with Gasteiger partial charge in [-0.1, -0.05) is 127 Å². The van der Waals surface area contributed by atoms with E-state index in [0.29, 0.717) is 54.6 Å². The van der Waals surface area contributed by atoms with Gasteiger partial charge in [-0.2, -0.15) is 0 Å². The quantitative estimate of drug-likeness (QED) is 0.154. The van der Waals surface area contributed by atoms with E-state index in [-0.39, 0.29) is 5.78 Å². The number of carbonyl (C=O) groups is 1. The molecule has 7 aliphatic rings. The molecule has 0 fully saturated rings. The lowest BCUT2D eigenvalue weighted by atomic mass is 9.99. The Morgan fingerprint density at radius 3 is 1.31 bits per heavy atom. The lowest BCUT2D eigenvalue weighted by molar-refractivity contribution is 0.0979. The minimum Gasteiger partial charge on any atom is -0.490 e. The monoisotopic (exact) mass is 1250 g/mol. The van der Waals surface area contributed by atoms with Crippen LogP contribution in [-0.2, 0) is 56.2 Å². The summed E-state index contributed by atoms with van der Waals surface area (Å²) in [6, 6.07) is 63.2. The Labute approximate surface area is 552 Å². The number of aryl methyl sites for hydroxylation is 1. The van der Waals surface area contributed by atoms with Gasteiger partial charge in [0.15, 0.2) is 5.78 Å². The van der Waals surface area contributed by atoms with Crippen molar-refractivity contribution >= 4 is 39.3 Å². The molecule has 0 saturated carbocycles. The number of rotatable bonds is 7. The zero-order valence-corrected chi connectivity index (χ0v) is 58.6. The van der Waals surface area contributed by atoms with Crippen LogP contribution in [0.4, 0.5) is 22.7 Å². The molecule has 0 aromatic heterocycles. The SMILES string of the molecule is CC(C)N1CCC(=O)c2ccccc21.CC(C)N1CCCc2ccccc21.CC(C)N1CCOc2ccccc21.CC(C)N1CCc2ccccc21.CC(C)N1CCc2ccccc2C1.CC(C)N1Cc2ccccc2C1.CC(C)N1Cc2ccccc2S(=O)C1. The Morgan fingerprint density at radius 2 is 0.736 bits per heavy atom. The van der Waals surface area contributed by atoms with E-state index in [2.05, 4.69) is 246 Å². The van der Waals surface area contributed by atoms with E-state index in [1.807, 2.05) is 54.6 Å². The summed E-state index contributed by atoms with van der Waals surface area (Å²) in [7, 11) is -0.840. The molecule has 11 heteroatoms. The van der Waals surface area contributed by atoms with Gasteiger partial charge >= 0.3 is 0 Å². The molecule has 0 aliphatic carbocycles. The largest absolute Gasteiger partial charge is 0.490 e. The van der Waals surface area contributed by atoms with E-state index in [0.717, 1.165) is 67.8 Å². The minimum absolute atomic E-state index is 0.275. The Morgan fingerprint density at radius 1 is 0.341 bits per heavy atom. The summed E-state index contributed by atoms with van der Waals surface area (Å²) in [5.41, 5.74) is 16.4. The Balaban J connectivity index is 0.000000137. The molecule has 0 N–H and O–H groups in total. The molecule has 7 aromatic rings. The van der Waals surface area contributed by atoms with Crippen LogP contribution in [0.1, 0.15) is 159 Å². The number of para-hydroxylation sites is 5. The zero-order valence-electron chi connectivity index (χ0n) is 57.8. The Hall–Kier alpha value is -6.76. The molecule has 0 amide bonds. The molecule has 0 bridgehead atoms. The van der Waals surface area contributed by atoms with Gasteiger partial charge in [-0.3, -0.25) is 23.7 Å². The van der Waals surface area contributed by atoms with Crippen molar-refractivity contribution in [2.45, 2.75) is 202 Å². The van der Waals surface area contributed by atoms with Crippen molar-refractivity contribution in [1.82, 2.24) is 14.7 Å². The summed E-state index contributed by atoms with van der Waals surface area (Å²) in [6.45, 7) is 41.7. The minimum atomic E-state index is -0.840. The number of benzene rings is 7. The predicted molar refractivity (Wildman–Crippen MR) is 387 cm³/mol. The van der Waals surface area contributed by atoms with Crippen LogP contribution < -0.4 is 24.3 Å². The fourth-order valence-electron chi connectivity index (χ4n) is 13.1. The fraction of sp³-hybridized carbons (Fsp3) is 0.463. The van der Waals surface area contributed by atoms with Crippen molar-refractivity contribution in [1.29, 1.82) is 0 Å². The van der Waals surface area contributed by atoms with Crippen molar-refractivity contribution in [2.75, 3.05) is 64.8 Å². The van der Waals surface area contributed by atoms with Crippen molar-refractivity contribution in [3.05, 3.63) is 214 Å². The average Bonchev–Trinajstić information content (AvgIpc) is 2.70. The average molecular weight is 1250 g/mol. The maximum atomic E-state index is 11.9. The maximum absolute atomic E-state index is 11.9.